The monoisotopic (exact) mass is 425 g/mol. The molecule has 3 aromatic rings. The second-order valence-corrected chi connectivity index (χ2v) is 9.07. The van der Waals surface area contributed by atoms with Crippen LogP contribution in [0.3, 0.4) is 0 Å². The molecule has 0 bridgehead atoms. The van der Waals surface area contributed by atoms with Crippen LogP contribution in [0.25, 0.3) is 0 Å². The molecule has 0 radical (unpaired) electrons. The molecule has 0 aliphatic carbocycles. The number of halogens is 1. The molecular weight excluding hydrogens is 402 g/mol. The van der Waals surface area contributed by atoms with Gasteiger partial charge in [0.15, 0.2) is 0 Å². The quantitative estimate of drug-likeness (QED) is 0.575. The average molecular weight is 426 g/mol. The van der Waals surface area contributed by atoms with E-state index in [9.17, 15) is 4.79 Å². The number of benzene rings is 1. The number of pyridine rings is 1. The number of rotatable bonds is 5. The first-order chi connectivity index (χ1) is 14.1. The summed E-state index contributed by atoms with van der Waals surface area (Å²) in [5.41, 5.74) is 4.20. The van der Waals surface area contributed by atoms with Crippen LogP contribution in [0.1, 0.15) is 46.4 Å². The number of aryl methyl sites for hydroxylation is 1. The highest BCUT2D eigenvalue weighted by atomic mass is 35.5. The summed E-state index contributed by atoms with van der Waals surface area (Å²) in [6.45, 7) is 3.53. The van der Waals surface area contributed by atoms with Gasteiger partial charge in [0.05, 0.1) is 17.1 Å². The fraction of sp³-hybridized carbons (Fsp3) is 0.348. The Labute approximate surface area is 180 Å². The minimum atomic E-state index is 0.164. The van der Waals surface area contributed by atoms with E-state index in [1.165, 1.54) is 5.56 Å². The van der Waals surface area contributed by atoms with Gasteiger partial charge in [0.25, 0.3) is 0 Å². The van der Waals surface area contributed by atoms with Gasteiger partial charge in [-0.15, -0.1) is 11.3 Å². The van der Waals surface area contributed by atoms with Gasteiger partial charge in [-0.3, -0.25) is 9.78 Å². The Morgan fingerprint density at radius 3 is 2.76 bits per heavy atom. The van der Waals surface area contributed by atoms with Gasteiger partial charge in [-0.05, 0) is 49.6 Å². The minimum absolute atomic E-state index is 0.164. The highest BCUT2D eigenvalue weighted by molar-refractivity contribution is 7.09. The van der Waals surface area contributed by atoms with Crippen molar-refractivity contribution in [2.24, 2.45) is 0 Å². The summed E-state index contributed by atoms with van der Waals surface area (Å²) >= 11 is 7.58. The van der Waals surface area contributed by atoms with E-state index in [1.807, 2.05) is 41.5 Å². The minimum Gasteiger partial charge on any atom is -0.342 e. The van der Waals surface area contributed by atoms with Crippen molar-refractivity contribution in [3.05, 3.63) is 80.5 Å². The standard InChI is InChI=1S/C23H24ClN3OS/c1-16-25-21(15-29-16)13-23(28)27-11-3-4-18(14-27)22-6-2-5-20(26-22)12-17-7-9-19(24)10-8-17/h2,5-10,15,18H,3-4,11-14H2,1H3/t18-/m0/s1. The summed E-state index contributed by atoms with van der Waals surface area (Å²) in [4.78, 5) is 24.1. The maximum Gasteiger partial charge on any atom is 0.228 e. The highest BCUT2D eigenvalue weighted by Crippen LogP contribution is 2.27. The topological polar surface area (TPSA) is 46.1 Å². The first-order valence-electron chi connectivity index (χ1n) is 9.96. The molecule has 1 aromatic carbocycles. The maximum absolute atomic E-state index is 12.7. The smallest absolute Gasteiger partial charge is 0.228 e. The van der Waals surface area contributed by atoms with Crippen LogP contribution in [0.5, 0.6) is 0 Å². The Balaban J connectivity index is 1.42. The van der Waals surface area contributed by atoms with Gasteiger partial charge in [-0.2, -0.15) is 0 Å². The van der Waals surface area contributed by atoms with Crippen LogP contribution in [-0.2, 0) is 17.6 Å². The van der Waals surface area contributed by atoms with Gasteiger partial charge < -0.3 is 4.90 Å². The highest BCUT2D eigenvalue weighted by Gasteiger charge is 2.26. The summed E-state index contributed by atoms with van der Waals surface area (Å²) in [7, 11) is 0. The van der Waals surface area contributed by atoms with Gasteiger partial charge in [-0.1, -0.05) is 29.8 Å². The zero-order valence-corrected chi connectivity index (χ0v) is 18.0. The molecule has 0 saturated carbocycles. The number of carbonyl (C=O) groups excluding carboxylic acids is 1. The largest absolute Gasteiger partial charge is 0.342 e. The van der Waals surface area contributed by atoms with E-state index in [2.05, 4.69) is 23.2 Å². The van der Waals surface area contributed by atoms with E-state index in [4.69, 9.17) is 16.6 Å². The predicted molar refractivity (Wildman–Crippen MR) is 118 cm³/mol. The van der Waals surface area contributed by atoms with Crippen molar-refractivity contribution in [1.82, 2.24) is 14.9 Å². The van der Waals surface area contributed by atoms with E-state index in [-0.39, 0.29) is 11.8 Å². The summed E-state index contributed by atoms with van der Waals surface area (Å²) in [5.74, 6) is 0.451. The van der Waals surface area contributed by atoms with E-state index in [1.54, 1.807) is 11.3 Å². The van der Waals surface area contributed by atoms with Crippen molar-refractivity contribution in [2.45, 2.75) is 38.5 Å². The number of nitrogens with zero attached hydrogens (tertiary/aromatic N) is 3. The molecular formula is C23H24ClN3OS. The number of amides is 1. The number of hydrogen-bond acceptors (Lipinski definition) is 4. The third-order valence-electron chi connectivity index (χ3n) is 5.32. The van der Waals surface area contributed by atoms with Crippen molar-refractivity contribution >= 4 is 28.8 Å². The molecule has 6 heteroatoms. The molecule has 0 spiro atoms. The second-order valence-electron chi connectivity index (χ2n) is 7.57. The normalized spacial score (nSPS) is 16.8. The van der Waals surface area contributed by atoms with Gasteiger partial charge in [0, 0.05) is 47.2 Å². The lowest BCUT2D eigenvalue weighted by molar-refractivity contribution is -0.131. The number of hydrogen-bond donors (Lipinski definition) is 0. The first kappa shape index (κ1) is 20.0. The maximum atomic E-state index is 12.7. The molecule has 1 aliphatic heterocycles. The van der Waals surface area contributed by atoms with Crippen molar-refractivity contribution in [3.63, 3.8) is 0 Å². The van der Waals surface area contributed by atoms with Gasteiger partial charge in [0.2, 0.25) is 5.91 Å². The van der Waals surface area contributed by atoms with Gasteiger partial charge in [0.1, 0.15) is 0 Å². The molecule has 0 N–H and O–H groups in total. The van der Waals surface area contributed by atoms with E-state index in [0.29, 0.717) is 6.42 Å². The summed E-state index contributed by atoms with van der Waals surface area (Å²) in [6, 6.07) is 14.1. The van der Waals surface area contributed by atoms with Crippen molar-refractivity contribution in [3.8, 4) is 0 Å². The Kier molecular flexibility index (Phi) is 6.26. The molecule has 0 unspecified atom stereocenters. The van der Waals surface area contributed by atoms with Crippen LogP contribution >= 0.6 is 22.9 Å². The predicted octanol–water partition coefficient (Wildman–Crippen LogP) is 5.04. The molecule has 1 fully saturated rings. The average Bonchev–Trinajstić information content (AvgIpc) is 3.14. The zero-order chi connectivity index (χ0) is 20.2. The van der Waals surface area contributed by atoms with E-state index >= 15 is 0 Å². The molecule has 3 heterocycles. The molecule has 150 valence electrons. The molecule has 4 nitrogen and oxygen atoms in total. The SMILES string of the molecule is Cc1nc(CC(=O)N2CCC[C@H](c3cccc(Cc4ccc(Cl)cc4)n3)C2)cs1. The Bertz CT molecular complexity index is 986. The van der Waals surface area contributed by atoms with Crippen molar-refractivity contribution in [1.29, 1.82) is 0 Å². The van der Waals surface area contributed by atoms with Crippen molar-refractivity contribution in [2.75, 3.05) is 13.1 Å². The lowest BCUT2D eigenvalue weighted by Crippen LogP contribution is -2.40. The van der Waals surface area contributed by atoms with Crippen LogP contribution in [0.2, 0.25) is 5.02 Å². The van der Waals surface area contributed by atoms with E-state index in [0.717, 1.165) is 59.5 Å². The fourth-order valence-electron chi connectivity index (χ4n) is 3.84. The Morgan fingerprint density at radius 1 is 1.17 bits per heavy atom. The summed E-state index contributed by atoms with van der Waals surface area (Å²) < 4.78 is 0. The fourth-order valence-corrected chi connectivity index (χ4v) is 4.58. The second kappa shape index (κ2) is 9.06. The lowest BCUT2D eigenvalue weighted by atomic mass is 9.93. The van der Waals surface area contributed by atoms with E-state index < -0.39 is 0 Å². The van der Waals surface area contributed by atoms with Crippen molar-refractivity contribution < 1.29 is 4.79 Å². The Hall–Kier alpha value is -2.24. The zero-order valence-electron chi connectivity index (χ0n) is 16.5. The molecule has 1 atom stereocenters. The van der Waals surface area contributed by atoms with Crippen LogP contribution in [-0.4, -0.2) is 33.9 Å². The number of likely N-dealkylation sites (tertiary alicyclic amines) is 1. The number of piperidine rings is 1. The molecule has 29 heavy (non-hydrogen) atoms. The molecule has 1 aliphatic rings. The number of thiazole rings is 1. The molecule has 4 rings (SSSR count). The van der Waals surface area contributed by atoms with Crippen LogP contribution in [0.15, 0.2) is 47.8 Å². The summed E-state index contributed by atoms with van der Waals surface area (Å²) in [6.07, 6.45) is 3.25. The number of carbonyl (C=O) groups is 1. The van der Waals surface area contributed by atoms with Gasteiger partial charge >= 0.3 is 0 Å². The third-order valence-corrected chi connectivity index (χ3v) is 6.39. The first-order valence-corrected chi connectivity index (χ1v) is 11.2. The van der Waals surface area contributed by atoms with Crippen LogP contribution in [0, 0.1) is 6.92 Å². The molecule has 2 aromatic heterocycles. The van der Waals surface area contributed by atoms with Gasteiger partial charge in [-0.25, -0.2) is 4.98 Å². The number of aromatic nitrogens is 2. The molecule has 1 amide bonds. The lowest BCUT2D eigenvalue weighted by Gasteiger charge is -2.32. The molecule has 1 saturated heterocycles. The van der Waals surface area contributed by atoms with Crippen LogP contribution in [0.4, 0.5) is 0 Å². The summed E-state index contributed by atoms with van der Waals surface area (Å²) in [5, 5.41) is 3.73. The third kappa shape index (κ3) is 5.22. The Morgan fingerprint density at radius 2 is 2.00 bits per heavy atom. The van der Waals surface area contributed by atoms with Crippen LogP contribution < -0.4 is 0 Å².